The third-order valence-electron chi connectivity index (χ3n) is 1.82. The topological polar surface area (TPSA) is 57.6 Å². The molecule has 1 aromatic carbocycles. The van der Waals surface area contributed by atoms with Gasteiger partial charge < -0.3 is 15.7 Å². The molecular formula is C9H9N3S. The van der Waals surface area contributed by atoms with Gasteiger partial charge in [-0.1, -0.05) is 12.1 Å². The lowest BCUT2D eigenvalue weighted by atomic mass is 10.1. The van der Waals surface area contributed by atoms with E-state index in [-0.39, 0.29) is 0 Å². The summed E-state index contributed by atoms with van der Waals surface area (Å²) < 4.78 is 0.631. The van der Waals surface area contributed by atoms with E-state index in [0.29, 0.717) is 4.77 Å². The van der Waals surface area contributed by atoms with Crippen LogP contribution in [0.25, 0.3) is 11.3 Å². The molecule has 1 aromatic heterocycles. The lowest BCUT2D eigenvalue weighted by molar-refractivity contribution is 1.27. The highest BCUT2D eigenvalue weighted by Gasteiger charge is 1.97. The van der Waals surface area contributed by atoms with E-state index >= 15 is 0 Å². The van der Waals surface area contributed by atoms with Gasteiger partial charge in [0.15, 0.2) is 4.77 Å². The van der Waals surface area contributed by atoms with Crippen molar-refractivity contribution in [3.05, 3.63) is 35.2 Å². The summed E-state index contributed by atoms with van der Waals surface area (Å²) in [5.41, 5.74) is 8.38. The van der Waals surface area contributed by atoms with Gasteiger partial charge in [0.1, 0.15) is 0 Å². The van der Waals surface area contributed by atoms with E-state index in [0.717, 1.165) is 16.9 Å². The minimum Gasteiger partial charge on any atom is -0.399 e. The fourth-order valence-corrected chi connectivity index (χ4v) is 1.32. The largest absolute Gasteiger partial charge is 0.399 e. The standard InChI is InChI=1S/C9H9N3S/c10-7-3-1-6(2-4-7)8-5-11-9(13)12-8/h1-5H,10H2,(H2,11,12,13). The quantitative estimate of drug-likeness (QED) is 0.478. The van der Waals surface area contributed by atoms with E-state index in [4.69, 9.17) is 18.0 Å². The number of rotatable bonds is 1. The van der Waals surface area contributed by atoms with Gasteiger partial charge in [0.25, 0.3) is 0 Å². The average molecular weight is 191 g/mol. The molecule has 0 amide bonds. The van der Waals surface area contributed by atoms with Crippen LogP contribution in [0.5, 0.6) is 0 Å². The minimum atomic E-state index is 0.631. The van der Waals surface area contributed by atoms with E-state index in [1.54, 1.807) is 0 Å². The number of aromatic amines is 2. The van der Waals surface area contributed by atoms with E-state index in [2.05, 4.69) is 9.97 Å². The number of nitrogens with one attached hydrogen (secondary N) is 2. The smallest absolute Gasteiger partial charge is 0.174 e. The predicted octanol–water partition coefficient (Wildman–Crippen LogP) is 2.32. The number of H-pyrrole nitrogens is 2. The number of benzene rings is 1. The number of imidazole rings is 1. The first-order chi connectivity index (χ1) is 6.25. The Balaban J connectivity index is 2.47. The van der Waals surface area contributed by atoms with Gasteiger partial charge in [0.2, 0.25) is 0 Å². The van der Waals surface area contributed by atoms with Gasteiger partial charge >= 0.3 is 0 Å². The summed E-state index contributed by atoms with van der Waals surface area (Å²) in [5.74, 6) is 0. The lowest BCUT2D eigenvalue weighted by Crippen LogP contribution is -1.83. The molecule has 0 atom stereocenters. The molecular weight excluding hydrogens is 182 g/mol. The molecule has 4 N–H and O–H groups in total. The summed E-state index contributed by atoms with van der Waals surface area (Å²) >= 11 is 4.92. The first-order valence-electron chi connectivity index (χ1n) is 3.89. The number of nitrogens with two attached hydrogens (primary N) is 1. The zero-order valence-corrected chi connectivity index (χ0v) is 7.69. The van der Waals surface area contributed by atoms with Crippen molar-refractivity contribution < 1.29 is 0 Å². The van der Waals surface area contributed by atoms with Crippen molar-refractivity contribution in [3.63, 3.8) is 0 Å². The molecule has 13 heavy (non-hydrogen) atoms. The Bertz CT molecular complexity index is 452. The third-order valence-corrected chi connectivity index (χ3v) is 2.04. The van der Waals surface area contributed by atoms with Crippen LogP contribution in [0.3, 0.4) is 0 Å². The van der Waals surface area contributed by atoms with Crippen molar-refractivity contribution in [1.29, 1.82) is 0 Å². The summed E-state index contributed by atoms with van der Waals surface area (Å²) in [5, 5.41) is 0. The highest BCUT2D eigenvalue weighted by molar-refractivity contribution is 7.71. The second-order valence-electron chi connectivity index (χ2n) is 2.78. The maximum absolute atomic E-state index is 5.57. The van der Waals surface area contributed by atoms with Crippen LogP contribution in [0.1, 0.15) is 0 Å². The predicted molar refractivity (Wildman–Crippen MR) is 55.8 cm³/mol. The Morgan fingerprint density at radius 1 is 1.15 bits per heavy atom. The van der Waals surface area contributed by atoms with Gasteiger partial charge in [0, 0.05) is 11.9 Å². The first kappa shape index (κ1) is 8.07. The molecule has 0 aliphatic carbocycles. The number of hydrogen-bond acceptors (Lipinski definition) is 2. The molecule has 0 unspecified atom stereocenters. The van der Waals surface area contributed by atoms with E-state index in [1.165, 1.54) is 0 Å². The molecule has 0 fully saturated rings. The molecule has 0 saturated heterocycles. The van der Waals surface area contributed by atoms with E-state index < -0.39 is 0 Å². The highest BCUT2D eigenvalue weighted by Crippen LogP contribution is 2.17. The Morgan fingerprint density at radius 2 is 1.85 bits per heavy atom. The fraction of sp³-hybridized carbons (Fsp3) is 0. The molecule has 2 aromatic rings. The van der Waals surface area contributed by atoms with E-state index in [9.17, 15) is 0 Å². The van der Waals surface area contributed by atoms with Crippen LogP contribution >= 0.6 is 12.2 Å². The normalized spacial score (nSPS) is 10.2. The summed E-state index contributed by atoms with van der Waals surface area (Å²) in [4.78, 5) is 5.94. The molecule has 0 aliphatic heterocycles. The fourth-order valence-electron chi connectivity index (χ4n) is 1.15. The molecule has 0 aliphatic rings. The number of nitrogen functional groups attached to an aromatic ring is 1. The number of aromatic nitrogens is 2. The molecule has 0 radical (unpaired) electrons. The molecule has 2 rings (SSSR count). The van der Waals surface area contributed by atoms with Crippen LogP contribution in [0.15, 0.2) is 30.5 Å². The Hall–Kier alpha value is -1.55. The molecule has 1 heterocycles. The number of hydrogen-bond donors (Lipinski definition) is 3. The van der Waals surface area contributed by atoms with Gasteiger partial charge in [0.05, 0.1) is 5.69 Å². The van der Waals surface area contributed by atoms with Crippen LogP contribution in [0.2, 0.25) is 0 Å². The van der Waals surface area contributed by atoms with Gasteiger partial charge in [-0.15, -0.1) is 0 Å². The van der Waals surface area contributed by atoms with Crippen molar-refractivity contribution in [2.24, 2.45) is 0 Å². The minimum absolute atomic E-state index is 0.631. The van der Waals surface area contributed by atoms with Crippen LogP contribution < -0.4 is 5.73 Å². The van der Waals surface area contributed by atoms with Crippen LogP contribution in [0, 0.1) is 4.77 Å². The highest BCUT2D eigenvalue weighted by atomic mass is 32.1. The van der Waals surface area contributed by atoms with Gasteiger partial charge in [-0.05, 0) is 29.9 Å². The van der Waals surface area contributed by atoms with Crippen LogP contribution in [0.4, 0.5) is 5.69 Å². The maximum atomic E-state index is 5.57. The summed E-state index contributed by atoms with van der Waals surface area (Å²) in [6.45, 7) is 0. The van der Waals surface area contributed by atoms with E-state index in [1.807, 2.05) is 30.5 Å². The molecule has 4 heteroatoms. The van der Waals surface area contributed by atoms with Crippen molar-refractivity contribution in [3.8, 4) is 11.3 Å². The Labute approximate surface area is 80.6 Å². The van der Waals surface area contributed by atoms with Crippen molar-refractivity contribution in [1.82, 2.24) is 9.97 Å². The first-order valence-corrected chi connectivity index (χ1v) is 4.30. The van der Waals surface area contributed by atoms with Gasteiger partial charge in [-0.2, -0.15) is 0 Å². The summed E-state index contributed by atoms with van der Waals surface area (Å²) in [6, 6.07) is 7.62. The molecule has 66 valence electrons. The van der Waals surface area contributed by atoms with Crippen molar-refractivity contribution in [2.75, 3.05) is 5.73 Å². The summed E-state index contributed by atoms with van der Waals surface area (Å²) in [7, 11) is 0. The number of anilines is 1. The van der Waals surface area contributed by atoms with Gasteiger partial charge in [-0.3, -0.25) is 0 Å². The second kappa shape index (κ2) is 3.06. The van der Waals surface area contributed by atoms with Crippen LogP contribution in [-0.2, 0) is 0 Å². The maximum Gasteiger partial charge on any atom is 0.174 e. The summed E-state index contributed by atoms with van der Waals surface area (Å²) in [6.07, 6.45) is 1.84. The molecule has 0 saturated carbocycles. The molecule has 0 spiro atoms. The molecule has 3 nitrogen and oxygen atoms in total. The Morgan fingerprint density at radius 3 is 2.38 bits per heavy atom. The third kappa shape index (κ3) is 1.62. The lowest BCUT2D eigenvalue weighted by Gasteiger charge is -1.96. The Kier molecular flexibility index (Phi) is 1.90. The molecule has 0 bridgehead atoms. The average Bonchev–Trinajstić information content (AvgIpc) is 2.53. The zero-order chi connectivity index (χ0) is 9.26. The monoisotopic (exact) mass is 191 g/mol. The van der Waals surface area contributed by atoms with Crippen molar-refractivity contribution >= 4 is 17.9 Å². The van der Waals surface area contributed by atoms with Crippen LogP contribution in [-0.4, -0.2) is 9.97 Å². The zero-order valence-electron chi connectivity index (χ0n) is 6.87. The SMILES string of the molecule is Nc1ccc(-c2c[nH]c(=S)[nH]2)cc1. The second-order valence-corrected chi connectivity index (χ2v) is 3.19. The van der Waals surface area contributed by atoms with Gasteiger partial charge in [-0.25, -0.2) is 0 Å². The van der Waals surface area contributed by atoms with Crippen molar-refractivity contribution in [2.45, 2.75) is 0 Å².